The molecule has 0 unspecified atom stereocenters. The standard InChI is InChI=1S/C18H15FN2O2S/c1-11-3-2-4-15-17(11)21-18(24-15)20-16(23)10-9-14(22)12-5-7-13(19)8-6-12/h2-8H,9-10H2,1H3,(H,20,21,23). The number of carbonyl (C=O) groups is 2. The molecule has 0 saturated carbocycles. The van der Waals surface area contributed by atoms with Crippen LogP contribution < -0.4 is 5.32 Å². The van der Waals surface area contributed by atoms with Crippen LogP contribution in [0, 0.1) is 12.7 Å². The zero-order chi connectivity index (χ0) is 17.1. The number of hydrogen-bond acceptors (Lipinski definition) is 4. The summed E-state index contributed by atoms with van der Waals surface area (Å²) < 4.78 is 13.8. The zero-order valence-electron chi connectivity index (χ0n) is 13.0. The molecule has 1 heterocycles. The number of nitrogens with one attached hydrogen (secondary N) is 1. The third kappa shape index (κ3) is 3.65. The zero-order valence-corrected chi connectivity index (χ0v) is 13.8. The lowest BCUT2D eigenvalue weighted by Crippen LogP contribution is -2.13. The molecule has 0 radical (unpaired) electrons. The molecule has 0 atom stereocenters. The van der Waals surface area contributed by atoms with Crippen LogP contribution in [-0.2, 0) is 4.79 Å². The predicted octanol–water partition coefficient (Wildman–Crippen LogP) is 4.35. The first-order chi connectivity index (χ1) is 11.5. The number of benzene rings is 2. The van der Waals surface area contributed by atoms with E-state index in [4.69, 9.17) is 0 Å². The molecule has 4 nitrogen and oxygen atoms in total. The lowest BCUT2D eigenvalue weighted by atomic mass is 10.1. The number of ketones is 1. The average Bonchev–Trinajstić information content (AvgIpc) is 2.97. The summed E-state index contributed by atoms with van der Waals surface area (Å²) >= 11 is 1.40. The third-order valence-electron chi connectivity index (χ3n) is 3.61. The number of hydrogen-bond donors (Lipinski definition) is 1. The minimum absolute atomic E-state index is 0.0606. The van der Waals surface area contributed by atoms with Gasteiger partial charge in [0.1, 0.15) is 5.82 Å². The van der Waals surface area contributed by atoms with E-state index in [1.165, 1.54) is 35.6 Å². The van der Waals surface area contributed by atoms with Crippen LogP contribution in [0.3, 0.4) is 0 Å². The molecule has 3 aromatic rings. The maximum Gasteiger partial charge on any atom is 0.226 e. The lowest BCUT2D eigenvalue weighted by molar-refractivity contribution is -0.116. The Bertz CT molecular complexity index is 903. The summed E-state index contributed by atoms with van der Waals surface area (Å²) in [6.07, 6.45) is 0.131. The van der Waals surface area contributed by atoms with E-state index in [1.807, 2.05) is 25.1 Å². The van der Waals surface area contributed by atoms with Crippen molar-refractivity contribution in [1.82, 2.24) is 4.98 Å². The Hall–Kier alpha value is -2.60. The summed E-state index contributed by atoms with van der Waals surface area (Å²) in [5.41, 5.74) is 2.33. The summed E-state index contributed by atoms with van der Waals surface area (Å²) in [5, 5.41) is 3.26. The maximum atomic E-state index is 12.8. The van der Waals surface area contributed by atoms with E-state index in [-0.39, 0.29) is 24.5 Å². The second-order valence-corrected chi connectivity index (χ2v) is 6.45. The van der Waals surface area contributed by atoms with Crippen molar-refractivity contribution in [1.29, 1.82) is 0 Å². The maximum absolute atomic E-state index is 12.8. The van der Waals surface area contributed by atoms with Gasteiger partial charge < -0.3 is 5.32 Å². The van der Waals surface area contributed by atoms with Gasteiger partial charge in [-0.3, -0.25) is 9.59 Å². The van der Waals surface area contributed by atoms with E-state index in [2.05, 4.69) is 10.3 Å². The van der Waals surface area contributed by atoms with Gasteiger partial charge in [-0.1, -0.05) is 23.5 Å². The Morgan fingerprint density at radius 2 is 1.88 bits per heavy atom. The van der Waals surface area contributed by atoms with E-state index in [1.54, 1.807) is 0 Å². The number of thiazole rings is 1. The third-order valence-corrected chi connectivity index (χ3v) is 4.55. The molecule has 0 aliphatic rings. The molecule has 0 bridgehead atoms. The van der Waals surface area contributed by atoms with Gasteiger partial charge in [0.25, 0.3) is 0 Å². The van der Waals surface area contributed by atoms with E-state index >= 15 is 0 Å². The van der Waals surface area contributed by atoms with Crippen LogP contribution in [0.5, 0.6) is 0 Å². The van der Waals surface area contributed by atoms with Crippen molar-refractivity contribution in [2.75, 3.05) is 5.32 Å². The summed E-state index contributed by atoms with van der Waals surface area (Å²) in [6.45, 7) is 1.97. The molecule has 24 heavy (non-hydrogen) atoms. The number of halogens is 1. The normalized spacial score (nSPS) is 10.8. The molecule has 0 saturated heterocycles. The van der Waals surface area contributed by atoms with Crippen molar-refractivity contribution >= 4 is 38.4 Å². The summed E-state index contributed by atoms with van der Waals surface area (Å²) in [7, 11) is 0. The molecular formula is C18H15FN2O2S. The highest BCUT2D eigenvalue weighted by Crippen LogP contribution is 2.27. The fourth-order valence-corrected chi connectivity index (χ4v) is 3.29. The van der Waals surface area contributed by atoms with Crippen LogP contribution in [0.1, 0.15) is 28.8 Å². The fourth-order valence-electron chi connectivity index (χ4n) is 2.33. The Kier molecular flexibility index (Phi) is 4.66. The molecule has 1 N–H and O–H groups in total. The van der Waals surface area contributed by atoms with Gasteiger partial charge in [0, 0.05) is 18.4 Å². The molecule has 1 aromatic heterocycles. The van der Waals surface area contributed by atoms with Gasteiger partial charge in [0.2, 0.25) is 5.91 Å². The number of Topliss-reactive ketones (excluding diaryl/α,β-unsaturated/α-hetero) is 1. The molecule has 0 aliphatic carbocycles. The van der Waals surface area contributed by atoms with Crippen LogP contribution in [0.2, 0.25) is 0 Å². The van der Waals surface area contributed by atoms with Gasteiger partial charge in [-0.05, 0) is 42.8 Å². The number of nitrogens with zero attached hydrogens (tertiary/aromatic N) is 1. The first-order valence-electron chi connectivity index (χ1n) is 7.48. The van der Waals surface area contributed by atoms with Gasteiger partial charge in [0.05, 0.1) is 10.2 Å². The second kappa shape index (κ2) is 6.88. The fraction of sp³-hybridized carbons (Fsp3) is 0.167. The first-order valence-corrected chi connectivity index (χ1v) is 8.29. The van der Waals surface area contributed by atoms with E-state index < -0.39 is 5.82 Å². The molecule has 0 fully saturated rings. The number of rotatable bonds is 5. The van der Waals surface area contributed by atoms with Crippen molar-refractivity contribution in [3.05, 3.63) is 59.4 Å². The van der Waals surface area contributed by atoms with Crippen LogP contribution in [0.15, 0.2) is 42.5 Å². The van der Waals surface area contributed by atoms with Crippen molar-refractivity contribution in [2.24, 2.45) is 0 Å². The van der Waals surface area contributed by atoms with Crippen molar-refractivity contribution in [3.63, 3.8) is 0 Å². The van der Waals surface area contributed by atoms with Crippen molar-refractivity contribution in [2.45, 2.75) is 19.8 Å². The molecule has 2 aromatic carbocycles. The highest BCUT2D eigenvalue weighted by molar-refractivity contribution is 7.22. The molecule has 1 amide bonds. The SMILES string of the molecule is Cc1cccc2sc(NC(=O)CCC(=O)c3ccc(F)cc3)nc12. The Morgan fingerprint density at radius 1 is 1.12 bits per heavy atom. The van der Waals surface area contributed by atoms with E-state index in [9.17, 15) is 14.0 Å². The minimum Gasteiger partial charge on any atom is -0.302 e. The van der Waals surface area contributed by atoms with Crippen LogP contribution in [-0.4, -0.2) is 16.7 Å². The van der Waals surface area contributed by atoms with Gasteiger partial charge in [0.15, 0.2) is 10.9 Å². The number of fused-ring (bicyclic) bond motifs is 1. The minimum atomic E-state index is -0.393. The molecule has 3 rings (SSSR count). The molecule has 122 valence electrons. The van der Waals surface area contributed by atoms with Crippen LogP contribution in [0.25, 0.3) is 10.2 Å². The van der Waals surface area contributed by atoms with Crippen LogP contribution in [0.4, 0.5) is 9.52 Å². The van der Waals surface area contributed by atoms with E-state index in [0.29, 0.717) is 10.7 Å². The Labute approximate surface area is 142 Å². The summed E-state index contributed by atoms with van der Waals surface area (Å²) in [4.78, 5) is 28.4. The number of aryl methyl sites for hydroxylation is 1. The number of anilines is 1. The molecule has 0 spiro atoms. The summed E-state index contributed by atoms with van der Waals surface area (Å²) in [6, 6.07) is 11.2. The second-order valence-electron chi connectivity index (χ2n) is 5.42. The topological polar surface area (TPSA) is 59.1 Å². The first kappa shape index (κ1) is 16.3. The molecule has 6 heteroatoms. The number of para-hydroxylation sites is 1. The van der Waals surface area contributed by atoms with Gasteiger partial charge in [-0.25, -0.2) is 9.37 Å². The number of carbonyl (C=O) groups excluding carboxylic acids is 2. The van der Waals surface area contributed by atoms with Gasteiger partial charge in [-0.2, -0.15) is 0 Å². The predicted molar refractivity (Wildman–Crippen MR) is 93.0 cm³/mol. The molecular weight excluding hydrogens is 327 g/mol. The Balaban J connectivity index is 1.59. The molecule has 0 aliphatic heterocycles. The monoisotopic (exact) mass is 342 g/mol. The average molecular weight is 342 g/mol. The summed E-state index contributed by atoms with van der Waals surface area (Å²) in [5.74, 6) is -0.845. The van der Waals surface area contributed by atoms with Crippen LogP contribution >= 0.6 is 11.3 Å². The number of aromatic nitrogens is 1. The van der Waals surface area contributed by atoms with E-state index in [0.717, 1.165) is 15.8 Å². The highest BCUT2D eigenvalue weighted by atomic mass is 32.1. The van der Waals surface area contributed by atoms with Crippen molar-refractivity contribution < 1.29 is 14.0 Å². The highest BCUT2D eigenvalue weighted by Gasteiger charge is 2.12. The Morgan fingerprint density at radius 3 is 2.58 bits per heavy atom. The largest absolute Gasteiger partial charge is 0.302 e. The number of amides is 1. The van der Waals surface area contributed by atoms with Crippen molar-refractivity contribution in [3.8, 4) is 0 Å². The smallest absolute Gasteiger partial charge is 0.226 e. The quantitative estimate of drug-likeness (QED) is 0.702. The van der Waals surface area contributed by atoms with Gasteiger partial charge >= 0.3 is 0 Å². The lowest BCUT2D eigenvalue weighted by Gasteiger charge is -2.02. The van der Waals surface area contributed by atoms with Gasteiger partial charge in [-0.15, -0.1) is 0 Å².